The van der Waals surface area contributed by atoms with Crippen LogP contribution in [0.2, 0.25) is 0 Å². The smallest absolute Gasteiger partial charge is 0.162 e. The Labute approximate surface area is 98.5 Å². The lowest BCUT2D eigenvalue weighted by Crippen LogP contribution is -2.23. The van der Waals surface area contributed by atoms with Gasteiger partial charge < -0.3 is 15.2 Å². The third-order valence-corrected chi connectivity index (χ3v) is 2.79. The van der Waals surface area contributed by atoms with Gasteiger partial charge in [-0.05, 0) is 25.0 Å². The van der Waals surface area contributed by atoms with Crippen molar-refractivity contribution < 1.29 is 18.3 Å². The molecule has 0 bridgehead atoms. The van der Waals surface area contributed by atoms with Crippen LogP contribution in [0.15, 0.2) is 18.2 Å². The molecule has 0 saturated carbocycles. The van der Waals surface area contributed by atoms with Crippen molar-refractivity contribution in [2.24, 2.45) is 5.73 Å². The maximum atomic E-state index is 12.9. The average molecular weight is 243 g/mol. The maximum Gasteiger partial charge on any atom is 0.162 e. The molecule has 1 fully saturated rings. The van der Waals surface area contributed by atoms with E-state index in [0.717, 1.165) is 25.0 Å². The molecule has 17 heavy (non-hydrogen) atoms. The number of ether oxygens (including phenoxy) is 2. The number of hydrogen-bond acceptors (Lipinski definition) is 3. The summed E-state index contributed by atoms with van der Waals surface area (Å²) in [5.74, 6) is -1.48. The van der Waals surface area contributed by atoms with E-state index >= 15 is 0 Å². The summed E-state index contributed by atoms with van der Waals surface area (Å²) in [6.07, 6.45) is 1.87. The molecule has 0 spiro atoms. The normalized spacial score (nSPS) is 23.9. The fourth-order valence-electron chi connectivity index (χ4n) is 1.83. The lowest BCUT2D eigenvalue weighted by molar-refractivity contribution is 0.0221. The maximum absolute atomic E-state index is 12.9. The largest absolute Gasteiger partial charge is 0.491 e. The lowest BCUT2D eigenvalue weighted by Gasteiger charge is -2.13. The van der Waals surface area contributed by atoms with Crippen molar-refractivity contribution >= 4 is 0 Å². The summed E-state index contributed by atoms with van der Waals surface area (Å²) in [4.78, 5) is 0. The van der Waals surface area contributed by atoms with Gasteiger partial charge in [-0.1, -0.05) is 0 Å². The highest BCUT2D eigenvalue weighted by Gasteiger charge is 2.24. The van der Waals surface area contributed by atoms with E-state index in [1.54, 1.807) is 0 Å². The Morgan fingerprint density at radius 3 is 2.65 bits per heavy atom. The van der Waals surface area contributed by atoms with Crippen LogP contribution in [0.1, 0.15) is 12.8 Å². The summed E-state index contributed by atoms with van der Waals surface area (Å²) in [7, 11) is 0. The number of nitrogens with two attached hydrogens (primary N) is 1. The molecule has 94 valence electrons. The van der Waals surface area contributed by atoms with Crippen LogP contribution in [0.5, 0.6) is 5.75 Å². The minimum atomic E-state index is -0.908. The predicted octanol–water partition coefficient (Wildman–Crippen LogP) is 1.85. The average Bonchev–Trinajstić information content (AvgIpc) is 2.79. The van der Waals surface area contributed by atoms with Crippen molar-refractivity contribution in [3.8, 4) is 5.75 Å². The van der Waals surface area contributed by atoms with Crippen LogP contribution >= 0.6 is 0 Å². The molecule has 0 aromatic heterocycles. The molecule has 1 saturated heterocycles. The Kier molecular flexibility index (Phi) is 3.91. The minimum Gasteiger partial charge on any atom is -0.491 e. The van der Waals surface area contributed by atoms with E-state index in [-0.39, 0.29) is 12.2 Å². The molecule has 0 amide bonds. The van der Waals surface area contributed by atoms with E-state index in [4.69, 9.17) is 15.2 Å². The molecule has 1 aromatic carbocycles. The predicted molar refractivity (Wildman–Crippen MR) is 58.8 cm³/mol. The zero-order chi connectivity index (χ0) is 12.3. The van der Waals surface area contributed by atoms with Crippen LogP contribution in [-0.2, 0) is 4.74 Å². The summed E-state index contributed by atoms with van der Waals surface area (Å²) >= 11 is 0. The van der Waals surface area contributed by atoms with Crippen LogP contribution in [0.4, 0.5) is 8.78 Å². The van der Waals surface area contributed by atoms with Crippen LogP contribution in [-0.4, -0.2) is 25.4 Å². The van der Waals surface area contributed by atoms with Gasteiger partial charge >= 0.3 is 0 Å². The van der Waals surface area contributed by atoms with E-state index in [0.29, 0.717) is 18.9 Å². The first-order valence-corrected chi connectivity index (χ1v) is 5.62. The van der Waals surface area contributed by atoms with Gasteiger partial charge in [0.1, 0.15) is 12.4 Å². The Morgan fingerprint density at radius 2 is 2.00 bits per heavy atom. The number of hydrogen-bond donors (Lipinski definition) is 1. The second-order valence-electron chi connectivity index (χ2n) is 4.08. The van der Waals surface area contributed by atoms with Gasteiger partial charge in [-0.3, -0.25) is 0 Å². The first kappa shape index (κ1) is 12.3. The highest BCUT2D eigenvalue weighted by molar-refractivity contribution is 5.23. The Hall–Kier alpha value is -1.20. The van der Waals surface area contributed by atoms with Gasteiger partial charge in [-0.2, -0.15) is 0 Å². The fraction of sp³-hybridized carbons (Fsp3) is 0.500. The molecule has 0 aliphatic carbocycles. The summed E-state index contributed by atoms with van der Waals surface area (Å²) < 4.78 is 36.5. The Bertz CT molecular complexity index is 387. The molecule has 5 heteroatoms. The van der Waals surface area contributed by atoms with Crippen molar-refractivity contribution in [3.63, 3.8) is 0 Å². The third-order valence-electron chi connectivity index (χ3n) is 2.79. The van der Waals surface area contributed by atoms with Crippen molar-refractivity contribution in [1.29, 1.82) is 0 Å². The molecule has 1 aromatic rings. The Balaban J connectivity index is 1.84. The van der Waals surface area contributed by atoms with Crippen molar-refractivity contribution in [2.75, 3.05) is 13.2 Å². The van der Waals surface area contributed by atoms with Gasteiger partial charge in [-0.15, -0.1) is 0 Å². The van der Waals surface area contributed by atoms with Gasteiger partial charge in [0.15, 0.2) is 11.6 Å². The highest BCUT2D eigenvalue weighted by Crippen LogP contribution is 2.21. The summed E-state index contributed by atoms with van der Waals surface area (Å²) in [5.41, 5.74) is 5.48. The van der Waals surface area contributed by atoms with Gasteiger partial charge in [0.05, 0.1) is 12.2 Å². The second-order valence-corrected chi connectivity index (χ2v) is 4.08. The second kappa shape index (κ2) is 5.42. The summed E-state index contributed by atoms with van der Waals surface area (Å²) in [6.45, 7) is 0.837. The highest BCUT2D eigenvalue weighted by atomic mass is 19.2. The third kappa shape index (κ3) is 3.14. The zero-order valence-corrected chi connectivity index (χ0v) is 9.36. The molecule has 0 radical (unpaired) electrons. The zero-order valence-electron chi connectivity index (χ0n) is 9.36. The number of rotatable bonds is 4. The number of halogens is 2. The summed E-state index contributed by atoms with van der Waals surface area (Å²) in [6, 6.07) is 3.47. The molecule has 1 aliphatic rings. The van der Waals surface area contributed by atoms with Crippen LogP contribution < -0.4 is 10.5 Å². The first-order chi connectivity index (χ1) is 8.19. The molecule has 2 atom stereocenters. The van der Waals surface area contributed by atoms with Crippen molar-refractivity contribution in [2.45, 2.75) is 25.0 Å². The van der Waals surface area contributed by atoms with E-state index in [9.17, 15) is 8.78 Å². The molecular formula is C12H15F2NO2. The molecule has 2 unspecified atom stereocenters. The van der Waals surface area contributed by atoms with Gasteiger partial charge in [0.25, 0.3) is 0 Å². The van der Waals surface area contributed by atoms with Crippen LogP contribution in [0.3, 0.4) is 0 Å². The van der Waals surface area contributed by atoms with Gasteiger partial charge in [0, 0.05) is 12.6 Å². The monoisotopic (exact) mass is 243 g/mol. The molecule has 1 aliphatic heterocycles. The molecule has 1 heterocycles. The van der Waals surface area contributed by atoms with Crippen molar-refractivity contribution in [1.82, 2.24) is 0 Å². The molecular weight excluding hydrogens is 228 g/mol. The minimum absolute atomic E-state index is 0.0170. The van der Waals surface area contributed by atoms with E-state index < -0.39 is 11.6 Å². The van der Waals surface area contributed by atoms with Gasteiger partial charge in [-0.25, -0.2) is 8.78 Å². The van der Waals surface area contributed by atoms with Crippen LogP contribution in [0, 0.1) is 11.6 Å². The first-order valence-electron chi connectivity index (χ1n) is 5.62. The Morgan fingerprint density at radius 1 is 1.24 bits per heavy atom. The standard InChI is InChI=1S/C12H15F2NO2/c13-11-4-3-8(5-12(11)14)16-7-10-2-1-9(6-15)17-10/h3-5,9-10H,1-2,6-7,15H2. The van der Waals surface area contributed by atoms with E-state index in [1.165, 1.54) is 6.07 Å². The SMILES string of the molecule is NCC1CCC(COc2ccc(F)c(F)c2)O1. The lowest BCUT2D eigenvalue weighted by atomic mass is 10.2. The molecule has 2 N–H and O–H groups in total. The van der Waals surface area contributed by atoms with Gasteiger partial charge in [0.2, 0.25) is 0 Å². The van der Waals surface area contributed by atoms with Crippen LogP contribution in [0.25, 0.3) is 0 Å². The molecule has 3 nitrogen and oxygen atoms in total. The topological polar surface area (TPSA) is 44.5 Å². The summed E-state index contributed by atoms with van der Waals surface area (Å²) in [5, 5.41) is 0. The number of benzene rings is 1. The van der Waals surface area contributed by atoms with E-state index in [1.807, 2.05) is 0 Å². The van der Waals surface area contributed by atoms with Crippen molar-refractivity contribution in [3.05, 3.63) is 29.8 Å². The quantitative estimate of drug-likeness (QED) is 0.877. The molecule has 2 rings (SSSR count). The fourth-order valence-corrected chi connectivity index (χ4v) is 1.83. The van der Waals surface area contributed by atoms with E-state index in [2.05, 4.69) is 0 Å².